The Hall–Kier alpha value is -1.46. The fourth-order valence-corrected chi connectivity index (χ4v) is 2.19. The van der Waals surface area contributed by atoms with Gasteiger partial charge in [0, 0.05) is 24.7 Å². The van der Waals surface area contributed by atoms with Crippen LogP contribution in [0, 0.1) is 6.92 Å². The quantitative estimate of drug-likeness (QED) is 0.876. The van der Waals surface area contributed by atoms with E-state index in [4.69, 9.17) is 9.84 Å². The number of nitrogens with zero attached hydrogens (tertiary/aromatic N) is 3. The second-order valence-electron chi connectivity index (χ2n) is 4.54. The van der Waals surface area contributed by atoms with E-state index in [1.807, 2.05) is 19.2 Å². The first kappa shape index (κ1) is 13.0. The van der Waals surface area contributed by atoms with E-state index < -0.39 is 0 Å². The van der Waals surface area contributed by atoms with Gasteiger partial charge in [0.2, 0.25) is 0 Å². The van der Waals surface area contributed by atoms with Crippen molar-refractivity contribution in [1.29, 1.82) is 0 Å². The average molecular weight is 249 g/mol. The molecule has 0 saturated heterocycles. The fourth-order valence-electron chi connectivity index (χ4n) is 2.19. The minimum Gasteiger partial charge on any atom is -0.394 e. The average Bonchev–Trinajstić information content (AvgIpc) is 2.81. The number of rotatable bonds is 5. The molecule has 0 saturated carbocycles. The summed E-state index contributed by atoms with van der Waals surface area (Å²) in [5.41, 5.74) is 1.92. The zero-order chi connectivity index (χ0) is 13.1. The molecule has 18 heavy (non-hydrogen) atoms. The second-order valence-corrected chi connectivity index (χ2v) is 4.54. The van der Waals surface area contributed by atoms with Crippen molar-refractivity contribution in [3.05, 3.63) is 24.3 Å². The Kier molecular flexibility index (Phi) is 3.93. The zero-order valence-electron chi connectivity index (χ0n) is 11.0. The molecule has 0 amide bonds. The van der Waals surface area contributed by atoms with E-state index in [0.717, 1.165) is 23.1 Å². The molecule has 0 bridgehead atoms. The normalized spacial score (nSPS) is 14.9. The van der Waals surface area contributed by atoms with Crippen LogP contribution < -0.4 is 0 Å². The van der Waals surface area contributed by atoms with Gasteiger partial charge in [0.15, 0.2) is 0 Å². The molecule has 2 atom stereocenters. The van der Waals surface area contributed by atoms with E-state index in [0.29, 0.717) is 0 Å². The lowest BCUT2D eigenvalue weighted by atomic mass is 10.1. The molecule has 98 valence electrons. The first-order valence-electron chi connectivity index (χ1n) is 6.09. The zero-order valence-corrected chi connectivity index (χ0v) is 11.0. The lowest BCUT2D eigenvalue weighted by Gasteiger charge is -2.19. The summed E-state index contributed by atoms with van der Waals surface area (Å²) >= 11 is 0. The smallest absolute Gasteiger partial charge is 0.143 e. The van der Waals surface area contributed by atoms with Crippen molar-refractivity contribution in [3.63, 3.8) is 0 Å². The van der Waals surface area contributed by atoms with Gasteiger partial charge in [-0.2, -0.15) is 0 Å². The maximum atomic E-state index is 9.17. The van der Waals surface area contributed by atoms with Crippen molar-refractivity contribution in [2.75, 3.05) is 13.7 Å². The summed E-state index contributed by atoms with van der Waals surface area (Å²) < 4.78 is 7.31. The van der Waals surface area contributed by atoms with E-state index in [2.05, 4.69) is 21.5 Å². The highest BCUT2D eigenvalue weighted by molar-refractivity contribution is 5.78. The molecule has 0 aliphatic carbocycles. The third-order valence-electron chi connectivity index (χ3n) is 3.32. The van der Waals surface area contributed by atoms with Crippen LogP contribution in [0.25, 0.3) is 11.0 Å². The highest BCUT2D eigenvalue weighted by Crippen LogP contribution is 2.22. The monoisotopic (exact) mass is 249 g/mol. The van der Waals surface area contributed by atoms with Crippen LogP contribution in [0.1, 0.15) is 25.1 Å². The molecule has 5 nitrogen and oxygen atoms in total. The van der Waals surface area contributed by atoms with E-state index in [1.54, 1.807) is 13.4 Å². The summed E-state index contributed by atoms with van der Waals surface area (Å²) in [6.45, 7) is 4.11. The molecule has 0 aromatic carbocycles. The molecule has 2 aromatic heterocycles. The molecule has 0 radical (unpaired) electrons. The molecule has 0 spiro atoms. The van der Waals surface area contributed by atoms with Crippen LogP contribution >= 0.6 is 0 Å². The van der Waals surface area contributed by atoms with Crippen molar-refractivity contribution in [1.82, 2.24) is 14.5 Å². The van der Waals surface area contributed by atoms with Crippen molar-refractivity contribution in [2.24, 2.45) is 0 Å². The van der Waals surface area contributed by atoms with E-state index >= 15 is 0 Å². The number of methoxy groups -OCH3 is 1. The number of aliphatic hydroxyl groups is 1. The van der Waals surface area contributed by atoms with Gasteiger partial charge < -0.3 is 14.4 Å². The highest BCUT2D eigenvalue weighted by atomic mass is 16.5. The Morgan fingerprint density at radius 2 is 2.22 bits per heavy atom. The molecule has 2 rings (SSSR count). The summed E-state index contributed by atoms with van der Waals surface area (Å²) in [4.78, 5) is 8.51. The van der Waals surface area contributed by atoms with Crippen molar-refractivity contribution in [2.45, 2.75) is 32.4 Å². The van der Waals surface area contributed by atoms with Gasteiger partial charge in [-0.1, -0.05) is 0 Å². The second kappa shape index (κ2) is 5.46. The number of aryl methyl sites for hydroxylation is 1. The number of fused-ring (bicyclic) bond motifs is 1. The van der Waals surface area contributed by atoms with Gasteiger partial charge in [0.1, 0.15) is 12.0 Å². The molecule has 2 aromatic rings. The van der Waals surface area contributed by atoms with Crippen LogP contribution in [0.2, 0.25) is 0 Å². The molecular formula is C13H19N3O2. The SMILES string of the molecule is COC(CO)CC(C)n1ccc2c(C)ncnc21. The highest BCUT2D eigenvalue weighted by Gasteiger charge is 2.15. The molecule has 2 unspecified atom stereocenters. The topological polar surface area (TPSA) is 60.2 Å². The van der Waals surface area contributed by atoms with Gasteiger partial charge in [-0.3, -0.25) is 0 Å². The molecule has 0 aliphatic rings. The minimum atomic E-state index is -0.139. The van der Waals surface area contributed by atoms with Gasteiger partial charge in [0.25, 0.3) is 0 Å². The number of hydrogen-bond donors (Lipinski definition) is 1. The maximum Gasteiger partial charge on any atom is 0.143 e. The van der Waals surface area contributed by atoms with Crippen LogP contribution in [-0.2, 0) is 4.74 Å². The first-order valence-corrected chi connectivity index (χ1v) is 6.09. The van der Waals surface area contributed by atoms with Crippen LogP contribution in [0.3, 0.4) is 0 Å². The fraction of sp³-hybridized carbons (Fsp3) is 0.538. The summed E-state index contributed by atoms with van der Waals surface area (Å²) in [5.74, 6) is 0. The Bertz CT molecular complexity index is 520. The predicted molar refractivity (Wildman–Crippen MR) is 69.5 cm³/mol. The van der Waals surface area contributed by atoms with Gasteiger partial charge in [-0.15, -0.1) is 0 Å². The van der Waals surface area contributed by atoms with Crippen molar-refractivity contribution >= 4 is 11.0 Å². The van der Waals surface area contributed by atoms with Crippen LogP contribution in [0.4, 0.5) is 0 Å². The number of ether oxygens (including phenoxy) is 1. The number of aromatic nitrogens is 3. The maximum absolute atomic E-state index is 9.17. The Balaban J connectivity index is 2.28. The third kappa shape index (κ3) is 2.37. The molecule has 0 aliphatic heterocycles. The van der Waals surface area contributed by atoms with Gasteiger partial charge in [-0.25, -0.2) is 9.97 Å². The van der Waals surface area contributed by atoms with Crippen LogP contribution in [0.15, 0.2) is 18.6 Å². The number of aliphatic hydroxyl groups excluding tert-OH is 1. The Morgan fingerprint density at radius 3 is 2.89 bits per heavy atom. The minimum absolute atomic E-state index is 0.0358. The first-order chi connectivity index (χ1) is 8.67. The van der Waals surface area contributed by atoms with Crippen molar-refractivity contribution in [3.8, 4) is 0 Å². The third-order valence-corrected chi connectivity index (χ3v) is 3.32. The Labute approximate surface area is 106 Å². The van der Waals surface area contributed by atoms with E-state index in [-0.39, 0.29) is 18.8 Å². The van der Waals surface area contributed by atoms with Crippen molar-refractivity contribution < 1.29 is 9.84 Å². The summed E-state index contributed by atoms with van der Waals surface area (Å²) in [6.07, 6.45) is 4.21. The predicted octanol–water partition coefficient (Wildman–Crippen LogP) is 1.70. The summed E-state index contributed by atoms with van der Waals surface area (Å²) in [6, 6.07) is 2.25. The summed E-state index contributed by atoms with van der Waals surface area (Å²) in [7, 11) is 1.62. The lowest BCUT2D eigenvalue weighted by molar-refractivity contribution is 0.0348. The molecule has 2 heterocycles. The van der Waals surface area contributed by atoms with E-state index in [9.17, 15) is 0 Å². The van der Waals surface area contributed by atoms with Gasteiger partial charge in [-0.05, 0) is 26.3 Å². The van der Waals surface area contributed by atoms with Gasteiger partial charge >= 0.3 is 0 Å². The largest absolute Gasteiger partial charge is 0.394 e. The number of hydrogen-bond acceptors (Lipinski definition) is 4. The standard InChI is InChI=1S/C13H19N3O2/c1-9(6-11(7-17)18-3)16-5-4-12-10(2)14-8-15-13(12)16/h4-5,8-9,11,17H,6-7H2,1-3H3. The van der Waals surface area contributed by atoms with Crippen LogP contribution in [-0.4, -0.2) is 39.5 Å². The molecular weight excluding hydrogens is 230 g/mol. The lowest BCUT2D eigenvalue weighted by Crippen LogP contribution is -2.20. The van der Waals surface area contributed by atoms with E-state index in [1.165, 1.54) is 0 Å². The molecule has 5 heteroatoms. The van der Waals surface area contributed by atoms with Crippen LogP contribution in [0.5, 0.6) is 0 Å². The van der Waals surface area contributed by atoms with Gasteiger partial charge in [0.05, 0.1) is 18.4 Å². The molecule has 1 N–H and O–H groups in total. The summed E-state index contributed by atoms with van der Waals surface area (Å²) in [5, 5.41) is 10.2. The Morgan fingerprint density at radius 1 is 1.44 bits per heavy atom. The molecule has 0 fully saturated rings.